The van der Waals surface area contributed by atoms with Crippen LogP contribution < -0.4 is 10.1 Å². The first-order valence-electron chi connectivity index (χ1n) is 5.84. The summed E-state index contributed by atoms with van der Waals surface area (Å²) in [5.74, 6) is 0.228. The molecular formula is C13H20FNO2. The van der Waals surface area contributed by atoms with Gasteiger partial charge in [0.05, 0.1) is 13.2 Å². The van der Waals surface area contributed by atoms with Crippen molar-refractivity contribution in [2.24, 2.45) is 0 Å². The van der Waals surface area contributed by atoms with E-state index in [2.05, 4.69) is 5.32 Å². The Morgan fingerprint density at radius 2 is 2.18 bits per heavy atom. The van der Waals surface area contributed by atoms with Crippen LogP contribution in [0.2, 0.25) is 0 Å². The highest BCUT2D eigenvalue weighted by atomic mass is 19.1. The Kier molecular flexibility index (Phi) is 5.38. The molecule has 0 aliphatic carbocycles. The summed E-state index contributed by atoms with van der Waals surface area (Å²) in [6.07, 6.45) is 0.268. The maximum atomic E-state index is 13.7. The second-order valence-corrected chi connectivity index (χ2v) is 4.05. The quantitative estimate of drug-likeness (QED) is 0.802. The molecule has 0 aliphatic heterocycles. The molecule has 0 fully saturated rings. The van der Waals surface area contributed by atoms with Crippen molar-refractivity contribution in [1.29, 1.82) is 0 Å². The van der Waals surface area contributed by atoms with Crippen LogP contribution in [0.5, 0.6) is 5.75 Å². The van der Waals surface area contributed by atoms with Crippen molar-refractivity contribution in [1.82, 2.24) is 5.32 Å². The third kappa shape index (κ3) is 3.68. The third-order valence-electron chi connectivity index (χ3n) is 2.80. The zero-order valence-corrected chi connectivity index (χ0v) is 10.5. The Bertz CT molecular complexity index is 357. The monoisotopic (exact) mass is 241 g/mol. The molecule has 0 radical (unpaired) electrons. The van der Waals surface area contributed by atoms with E-state index in [1.807, 2.05) is 13.8 Å². The fourth-order valence-electron chi connectivity index (χ4n) is 1.67. The van der Waals surface area contributed by atoms with Gasteiger partial charge in [-0.25, -0.2) is 4.39 Å². The topological polar surface area (TPSA) is 41.5 Å². The molecule has 0 heterocycles. The summed E-state index contributed by atoms with van der Waals surface area (Å²) in [4.78, 5) is 0. The number of aliphatic hydroxyl groups excluding tert-OH is 1. The first kappa shape index (κ1) is 13.9. The SMILES string of the molecule is CC[C@@H](O)CN[C@H](C)c1c(F)cccc1OC. The molecule has 0 saturated carbocycles. The molecule has 0 unspecified atom stereocenters. The van der Waals surface area contributed by atoms with Gasteiger partial charge >= 0.3 is 0 Å². The lowest BCUT2D eigenvalue weighted by molar-refractivity contribution is 0.163. The van der Waals surface area contributed by atoms with E-state index >= 15 is 0 Å². The Hall–Kier alpha value is -1.13. The van der Waals surface area contributed by atoms with Crippen LogP contribution in [0.1, 0.15) is 31.9 Å². The maximum absolute atomic E-state index is 13.7. The minimum atomic E-state index is -0.407. The minimum Gasteiger partial charge on any atom is -0.496 e. The number of hydrogen-bond donors (Lipinski definition) is 2. The van der Waals surface area contributed by atoms with E-state index in [1.165, 1.54) is 13.2 Å². The smallest absolute Gasteiger partial charge is 0.131 e. The molecule has 0 saturated heterocycles. The van der Waals surface area contributed by atoms with Crippen LogP contribution >= 0.6 is 0 Å². The summed E-state index contributed by atoms with van der Waals surface area (Å²) < 4.78 is 18.8. The zero-order chi connectivity index (χ0) is 12.8. The summed E-state index contributed by atoms with van der Waals surface area (Å²) in [7, 11) is 1.52. The molecule has 96 valence electrons. The van der Waals surface area contributed by atoms with Crippen LogP contribution in [0.3, 0.4) is 0 Å². The summed E-state index contributed by atoms with van der Waals surface area (Å²) >= 11 is 0. The predicted molar refractivity (Wildman–Crippen MR) is 65.7 cm³/mol. The van der Waals surface area contributed by atoms with Crippen molar-refractivity contribution in [3.8, 4) is 5.75 Å². The van der Waals surface area contributed by atoms with E-state index < -0.39 is 6.10 Å². The molecule has 0 spiro atoms. The molecule has 0 aromatic heterocycles. The summed E-state index contributed by atoms with van der Waals surface area (Å²) in [6.45, 7) is 4.19. The molecule has 0 amide bonds. The maximum Gasteiger partial charge on any atom is 0.131 e. The zero-order valence-electron chi connectivity index (χ0n) is 10.5. The Morgan fingerprint density at radius 3 is 2.76 bits per heavy atom. The number of hydrogen-bond acceptors (Lipinski definition) is 3. The van der Waals surface area contributed by atoms with Crippen molar-refractivity contribution in [3.05, 3.63) is 29.6 Å². The fourth-order valence-corrected chi connectivity index (χ4v) is 1.67. The number of halogens is 1. The van der Waals surface area contributed by atoms with Crippen LogP contribution in [0.25, 0.3) is 0 Å². The van der Waals surface area contributed by atoms with Crippen LogP contribution in [0.4, 0.5) is 4.39 Å². The average molecular weight is 241 g/mol. The molecule has 2 atom stereocenters. The fraction of sp³-hybridized carbons (Fsp3) is 0.538. The van der Waals surface area contributed by atoms with Gasteiger partial charge < -0.3 is 15.2 Å². The molecule has 4 heteroatoms. The van der Waals surface area contributed by atoms with Gasteiger partial charge in [0.2, 0.25) is 0 Å². The van der Waals surface area contributed by atoms with E-state index in [9.17, 15) is 9.50 Å². The number of benzene rings is 1. The number of rotatable bonds is 6. The van der Waals surface area contributed by atoms with E-state index in [1.54, 1.807) is 12.1 Å². The molecule has 0 aliphatic rings. The number of ether oxygens (including phenoxy) is 1. The average Bonchev–Trinajstić information content (AvgIpc) is 2.34. The van der Waals surface area contributed by atoms with Crippen LogP contribution in [0, 0.1) is 5.82 Å². The highest BCUT2D eigenvalue weighted by Gasteiger charge is 2.16. The lowest BCUT2D eigenvalue weighted by Crippen LogP contribution is -2.29. The van der Waals surface area contributed by atoms with Crippen molar-refractivity contribution in [2.45, 2.75) is 32.4 Å². The molecule has 17 heavy (non-hydrogen) atoms. The molecule has 1 aromatic carbocycles. The predicted octanol–water partition coefficient (Wildman–Crippen LogP) is 2.26. The second-order valence-electron chi connectivity index (χ2n) is 4.05. The van der Waals surface area contributed by atoms with Gasteiger partial charge in [0.1, 0.15) is 11.6 Å². The van der Waals surface area contributed by atoms with E-state index in [0.717, 1.165) is 0 Å². The van der Waals surface area contributed by atoms with Gasteiger partial charge in [0.15, 0.2) is 0 Å². The van der Waals surface area contributed by atoms with Gasteiger partial charge in [-0.3, -0.25) is 0 Å². The second kappa shape index (κ2) is 6.57. The third-order valence-corrected chi connectivity index (χ3v) is 2.80. The normalized spacial score (nSPS) is 14.4. The molecular weight excluding hydrogens is 221 g/mol. The largest absolute Gasteiger partial charge is 0.496 e. The Balaban J connectivity index is 2.77. The van der Waals surface area contributed by atoms with Crippen LogP contribution in [-0.2, 0) is 0 Å². The number of aliphatic hydroxyl groups is 1. The summed E-state index contributed by atoms with van der Waals surface area (Å²) in [5.41, 5.74) is 0.498. The molecule has 2 N–H and O–H groups in total. The van der Waals surface area contributed by atoms with Gasteiger partial charge in [0.25, 0.3) is 0 Å². The van der Waals surface area contributed by atoms with Gasteiger partial charge in [-0.2, -0.15) is 0 Å². The minimum absolute atomic E-state index is 0.202. The molecule has 1 aromatic rings. The van der Waals surface area contributed by atoms with Gasteiger partial charge in [-0.1, -0.05) is 13.0 Å². The van der Waals surface area contributed by atoms with Crippen LogP contribution in [-0.4, -0.2) is 24.9 Å². The molecule has 1 rings (SSSR count). The lowest BCUT2D eigenvalue weighted by Gasteiger charge is -2.19. The van der Waals surface area contributed by atoms with Crippen molar-refractivity contribution < 1.29 is 14.2 Å². The lowest BCUT2D eigenvalue weighted by atomic mass is 10.1. The van der Waals surface area contributed by atoms with Gasteiger partial charge in [-0.15, -0.1) is 0 Å². The van der Waals surface area contributed by atoms with Crippen molar-refractivity contribution >= 4 is 0 Å². The number of nitrogens with one attached hydrogen (secondary N) is 1. The van der Waals surface area contributed by atoms with Crippen LogP contribution in [0.15, 0.2) is 18.2 Å². The highest BCUT2D eigenvalue weighted by Crippen LogP contribution is 2.27. The standard InChI is InChI=1S/C13H20FNO2/c1-4-10(16)8-15-9(2)13-11(14)6-5-7-12(13)17-3/h5-7,9-10,15-16H,4,8H2,1-3H3/t9-,10-/m1/s1. The van der Waals surface area contributed by atoms with Gasteiger partial charge in [0, 0.05) is 18.2 Å². The first-order chi connectivity index (χ1) is 8.10. The molecule has 3 nitrogen and oxygen atoms in total. The summed E-state index contributed by atoms with van der Waals surface area (Å²) in [6, 6.07) is 4.55. The van der Waals surface area contributed by atoms with Gasteiger partial charge in [-0.05, 0) is 25.5 Å². The summed E-state index contributed by atoms with van der Waals surface area (Å²) in [5, 5.41) is 12.6. The highest BCUT2D eigenvalue weighted by molar-refractivity contribution is 5.36. The molecule has 0 bridgehead atoms. The van der Waals surface area contributed by atoms with Crippen molar-refractivity contribution in [2.75, 3.05) is 13.7 Å². The first-order valence-corrected chi connectivity index (χ1v) is 5.84. The van der Waals surface area contributed by atoms with Crippen molar-refractivity contribution in [3.63, 3.8) is 0 Å². The van der Waals surface area contributed by atoms with E-state index in [0.29, 0.717) is 24.3 Å². The van der Waals surface area contributed by atoms with E-state index in [-0.39, 0.29) is 11.9 Å². The van der Waals surface area contributed by atoms with E-state index in [4.69, 9.17) is 4.74 Å². The Morgan fingerprint density at radius 1 is 1.47 bits per heavy atom. The Labute approximate surface area is 102 Å². The number of methoxy groups -OCH3 is 1.